The molecule has 52 heavy (non-hydrogen) atoms. The van der Waals surface area contributed by atoms with Crippen LogP contribution in [0, 0.1) is 0 Å². The van der Waals surface area contributed by atoms with E-state index in [9.17, 15) is 33.9 Å². The summed E-state index contributed by atoms with van der Waals surface area (Å²) in [5.41, 5.74) is 3.99. The van der Waals surface area contributed by atoms with Gasteiger partial charge in [-0.05, 0) is 39.9 Å². The van der Waals surface area contributed by atoms with E-state index in [-0.39, 0.29) is 25.9 Å². The lowest BCUT2D eigenvalue weighted by Crippen LogP contribution is -2.55. The predicted molar refractivity (Wildman–Crippen MR) is 191 cm³/mol. The first-order chi connectivity index (χ1) is 25.1. The van der Waals surface area contributed by atoms with Crippen molar-refractivity contribution in [3.8, 4) is 16.9 Å². The number of hydrogen-bond acceptors (Lipinski definition) is 7. The molecule has 6 rings (SSSR count). The highest BCUT2D eigenvalue weighted by atomic mass is 16.5. The van der Waals surface area contributed by atoms with Gasteiger partial charge in [-0.1, -0.05) is 97.1 Å². The Morgan fingerprint density at radius 2 is 1.33 bits per heavy atom. The van der Waals surface area contributed by atoms with Crippen LogP contribution in [0.4, 0.5) is 0 Å². The number of nitrogens with one attached hydrogen (secondary N) is 5. The normalized spacial score (nSPS) is 17.8. The third-order valence-electron chi connectivity index (χ3n) is 8.30. The van der Waals surface area contributed by atoms with Crippen LogP contribution in [0.5, 0.6) is 5.75 Å². The Balaban J connectivity index is 1.33. The topological polar surface area (TPSA) is 192 Å². The number of fused-ring (bicyclic) bond motifs is 16. The number of benzene rings is 4. The number of carboxylic acid groups (broad SMARTS) is 1. The van der Waals surface area contributed by atoms with Crippen LogP contribution in [0.3, 0.4) is 0 Å². The van der Waals surface area contributed by atoms with Gasteiger partial charge in [0.1, 0.15) is 23.9 Å². The molecular formula is C39H39N5O8. The predicted octanol–water partition coefficient (Wildman–Crippen LogP) is 1.55. The van der Waals surface area contributed by atoms with Crippen LogP contribution >= 0.6 is 0 Å². The van der Waals surface area contributed by atoms with Crippen molar-refractivity contribution in [2.75, 3.05) is 19.7 Å². The quantitative estimate of drug-likeness (QED) is 0.149. The van der Waals surface area contributed by atoms with Crippen molar-refractivity contribution in [3.05, 3.63) is 126 Å². The first-order valence-electron chi connectivity index (χ1n) is 16.7. The van der Waals surface area contributed by atoms with E-state index in [0.29, 0.717) is 16.9 Å². The van der Waals surface area contributed by atoms with Crippen molar-refractivity contribution in [3.63, 3.8) is 0 Å². The zero-order chi connectivity index (χ0) is 36.9. The van der Waals surface area contributed by atoms with Gasteiger partial charge in [0.2, 0.25) is 23.6 Å². The number of carboxylic acids is 1. The highest BCUT2D eigenvalue weighted by Crippen LogP contribution is 2.20. The van der Waals surface area contributed by atoms with Gasteiger partial charge in [-0.25, -0.2) is 4.79 Å². The van der Waals surface area contributed by atoms with Crippen LogP contribution in [-0.2, 0) is 48.0 Å². The van der Waals surface area contributed by atoms with Crippen LogP contribution < -0.4 is 31.3 Å². The molecule has 268 valence electrons. The van der Waals surface area contributed by atoms with E-state index in [1.807, 2.05) is 54.6 Å². The van der Waals surface area contributed by atoms with Crippen molar-refractivity contribution in [1.29, 1.82) is 0 Å². The second-order valence-electron chi connectivity index (χ2n) is 12.2. The maximum atomic E-state index is 13.5. The van der Waals surface area contributed by atoms with E-state index in [4.69, 9.17) is 4.74 Å². The second kappa shape index (κ2) is 17.9. The standard InChI is InChI=1S/C39H39N5O8/c45-34-22-40-36(47)24-52-30-17-13-27(14-18-30)20-32(38(49)44-33(39(50)51)21-25-7-3-1-4-8-25)43-35(46)23-41-37(48)31(42-34)19-26-11-15-29(16-12-26)28-9-5-2-6-10-28/h1-18,31-33H,19-24H2,(H,40,47)(H,41,48)(H,42,45)(H,43,46)(H,44,49)(H,50,51)/t31-,32+,33-/m1/s1. The highest BCUT2D eigenvalue weighted by Gasteiger charge is 2.28. The van der Waals surface area contributed by atoms with Gasteiger partial charge in [0.25, 0.3) is 5.91 Å². The third kappa shape index (κ3) is 11.0. The summed E-state index contributed by atoms with van der Waals surface area (Å²) in [7, 11) is 0. The van der Waals surface area contributed by atoms with Gasteiger partial charge in [-0.3, -0.25) is 24.0 Å². The van der Waals surface area contributed by atoms with E-state index < -0.39 is 66.7 Å². The fourth-order valence-electron chi connectivity index (χ4n) is 5.56. The summed E-state index contributed by atoms with van der Waals surface area (Å²) in [6.07, 6.45) is 0.0598. The highest BCUT2D eigenvalue weighted by molar-refractivity contribution is 5.94. The maximum Gasteiger partial charge on any atom is 0.326 e. The molecule has 4 aromatic carbocycles. The summed E-state index contributed by atoms with van der Waals surface area (Å²) < 4.78 is 5.54. The monoisotopic (exact) mass is 705 g/mol. The van der Waals surface area contributed by atoms with E-state index in [2.05, 4.69) is 26.6 Å². The van der Waals surface area contributed by atoms with E-state index in [0.717, 1.165) is 16.7 Å². The van der Waals surface area contributed by atoms with E-state index in [1.54, 1.807) is 54.6 Å². The van der Waals surface area contributed by atoms with Crippen LogP contribution in [0.1, 0.15) is 16.7 Å². The molecule has 13 heteroatoms. The molecule has 13 nitrogen and oxygen atoms in total. The van der Waals surface area contributed by atoms with Gasteiger partial charge < -0.3 is 36.4 Å². The number of carbonyl (C=O) groups excluding carboxylic acids is 5. The Bertz CT molecular complexity index is 1870. The number of hydrogen-bond donors (Lipinski definition) is 6. The first kappa shape index (κ1) is 36.8. The Morgan fingerprint density at radius 3 is 2.00 bits per heavy atom. The second-order valence-corrected chi connectivity index (χ2v) is 12.2. The Kier molecular flexibility index (Phi) is 12.7. The molecule has 0 aliphatic carbocycles. The molecule has 0 fully saturated rings. The van der Waals surface area contributed by atoms with Crippen molar-refractivity contribution < 1.29 is 38.6 Å². The van der Waals surface area contributed by atoms with Crippen LogP contribution in [0.25, 0.3) is 11.1 Å². The lowest BCUT2D eigenvalue weighted by Gasteiger charge is -2.22. The molecule has 4 aromatic rings. The summed E-state index contributed by atoms with van der Waals surface area (Å²) in [6.45, 7) is -1.35. The summed E-state index contributed by atoms with van der Waals surface area (Å²) in [5, 5.41) is 22.6. The molecule has 0 spiro atoms. The summed E-state index contributed by atoms with van der Waals surface area (Å²) in [5.74, 6) is -4.24. The Hall–Kier alpha value is -6.50. The zero-order valence-corrected chi connectivity index (χ0v) is 28.2. The SMILES string of the molecule is O=C1COc2ccc(cc2)C[C@@H](C(=O)N[C@H](Cc2ccccc2)C(=O)O)NC(=O)CNC(=O)[C@@H](Cc2ccc(-c3ccccc3)cc2)NC(=O)CN1. The van der Waals surface area contributed by atoms with Gasteiger partial charge in [0.15, 0.2) is 6.61 Å². The fourth-order valence-corrected chi connectivity index (χ4v) is 5.56. The average Bonchev–Trinajstić information content (AvgIpc) is 3.15. The smallest absolute Gasteiger partial charge is 0.326 e. The van der Waals surface area contributed by atoms with Crippen molar-refractivity contribution in [2.24, 2.45) is 0 Å². The van der Waals surface area contributed by atoms with Gasteiger partial charge in [-0.15, -0.1) is 0 Å². The molecule has 6 N–H and O–H groups in total. The molecule has 0 saturated heterocycles. The number of aliphatic carboxylic acids is 1. The Morgan fingerprint density at radius 1 is 0.712 bits per heavy atom. The van der Waals surface area contributed by atoms with Gasteiger partial charge >= 0.3 is 5.97 Å². The number of carbonyl (C=O) groups is 6. The largest absolute Gasteiger partial charge is 0.484 e. The molecule has 2 heterocycles. The molecule has 0 saturated carbocycles. The van der Waals surface area contributed by atoms with Crippen molar-refractivity contribution in [1.82, 2.24) is 26.6 Å². The lowest BCUT2D eigenvalue weighted by molar-refractivity contribution is -0.142. The minimum absolute atomic E-state index is 0.0142. The molecule has 0 radical (unpaired) electrons. The summed E-state index contributed by atoms with van der Waals surface area (Å²) in [6, 6.07) is 28.8. The number of ether oxygens (including phenoxy) is 1. The van der Waals surface area contributed by atoms with E-state index in [1.165, 1.54) is 0 Å². The number of rotatable bonds is 8. The molecule has 2 aliphatic rings. The molecule has 2 aliphatic heterocycles. The van der Waals surface area contributed by atoms with Gasteiger partial charge in [0, 0.05) is 19.3 Å². The van der Waals surface area contributed by atoms with Crippen LogP contribution in [0.2, 0.25) is 0 Å². The molecule has 3 atom stereocenters. The zero-order valence-electron chi connectivity index (χ0n) is 28.2. The lowest BCUT2D eigenvalue weighted by atomic mass is 10.00. The summed E-state index contributed by atoms with van der Waals surface area (Å²) in [4.78, 5) is 77.6. The van der Waals surface area contributed by atoms with Gasteiger partial charge in [0.05, 0.1) is 13.1 Å². The molecular weight excluding hydrogens is 666 g/mol. The summed E-state index contributed by atoms with van der Waals surface area (Å²) >= 11 is 0. The van der Waals surface area contributed by atoms with Crippen LogP contribution in [0.15, 0.2) is 109 Å². The van der Waals surface area contributed by atoms with Crippen LogP contribution in [-0.4, -0.2) is 78.4 Å². The third-order valence-corrected chi connectivity index (χ3v) is 8.30. The molecule has 5 amide bonds. The minimum Gasteiger partial charge on any atom is -0.484 e. The minimum atomic E-state index is -1.28. The first-order valence-corrected chi connectivity index (χ1v) is 16.7. The molecule has 0 unspecified atom stereocenters. The van der Waals surface area contributed by atoms with Gasteiger partial charge in [-0.2, -0.15) is 0 Å². The average molecular weight is 706 g/mol. The Labute approximate surface area is 300 Å². The number of amides is 5. The maximum absolute atomic E-state index is 13.5. The molecule has 2 bridgehead atoms. The van der Waals surface area contributed by atoms with Crippen molar-refractivity contribution >= 4 is 35.5 Å². The fraction of sp³-hybridized carbons (Fsp3) is 0.231. The molecule has 0 aromatic heterocycles. The van der Waals surface area contributed by atoms with Crippen molar-refractivity contribution in [2.45, 2.75) is 37.4 Å². The van der Waals surface area contributed by atoms with E-state index >= 15 is 0 Å².